The van der Waals surface area contributed by atoms with E-state index in [1.54, 1.807) is 0 Å². The van der Waals surface area contributed by atoms with E-state index in [0.717, 1.165) is 11.5 Å². The Morgan fingerprint density at radius 1 is 1.44 bits per heavy atom. The van der Waals surface area contributed by atoms with Crippen molar-refractivity contribution in [3.63, 3.8) is 0 Å². The molecule has 5 N–H and O–H groups in total. The molecule has 0 unspecified atom stereocenters. The van der Waals surface area contributed by atoms with Crippen LogP contribution in [0.2, 0.25) is 0 Å². The Morgan fingerprint density at radius 3 is 2.50 bits per heavy atom. The van der Waals surface area contributed by atoms with E-state index in [0.29, 0.717) is 10.0 Å². The number of hydrogen-bond acceptors (Lipinski definition) is 5. The Morgan fingerprint density at radius 2 is 2.06 bits per heavy atom. The van der Waals surface area contributed by atoms with Gasteiger partial charge in [-0.2, -0.15) is 4.37 Å². The van der Waals surface area contributed by atoms with Crippen molar-refractivity contribution in [2.75, 3.05) is 5.32 Å². The number of anilines is 1. The van der Waals surface area contributed by atoms with Crippen molar-refractivity contribution in [1.29, 1.82) is 0 Å². The predicted octanol–water partition coefficient (Wildman–Crippen LogP) is 1.23. The SMILES string of the molecule is CC(C)Sc1nsc(NC(N)=O)c1C(N)=O. The van der Waals surface area contributed by atoms with Crippen LogP contribution in [-0.2, 0) is 0 Å². The molecule has 0 fully saturated rings. The number of carbonyl (C=O) groups excluding carboxylic acids is 2. The van der Waals surface area contributed by atoms with Crippen LogP contribution in [0.15, 0.2) is 5.03 Å². The molecular formula is C8H12N4O2S2. The van der Waals surface area contributed by atoms with Crippen LogP contribution in [0, 0.1) is 0 Å². The number of nitrogens with two attached hydrogens (primary N) is 2. The Kier molecular flexibility index (Phi) is 4.13. The lowest BCUT2D eigenvalue weighted by Crippen LogP contribution is -2.21. The van der Waals surface area contributed by atoms with E-state index in [4.69, 9.17) is 11.5 Å². The number of amides is 3. The maximum atomic E-state index is 11.3. The highest BCUT2D eigenvalue weighted by molar-refractivity contribution is 8.00. The Bertz CT molecular complexity index is 416. The molecule has 0 saturated carbocycles. The molecule has 0 aliphatic carbocycles. The lowest BCUT2D eigenvalue weighted by molar-refractivity contribution is 0.0998. The van der Waals surface area contributed by atoms with Crippen LogP contribution in [0.4, 0.5) is 9.80 Å². The van der Waals surface area contributed by atoms with Gasteiger partial charge in [0.1, 0.15) is 15.6 Å². The van der Waals surface area contributed by atoms with Crippen molar-refractivity contribution < 1.29 is 9.59 Å². The molecule has 0 aliphatic heterocycles. The summed E-state index contributed by atoms with van der Waals surface area (Å²) in [6.45, 7) is 3.94. The highest BCUT2D eigenvalue weighted by atomic mass is 32.2. The van der Waals surface area contributed by atoms with E-state index in [9.17, 15) is 9.59 Å². The molecule has 6 nitrogen and oxygen atoms in total. The largest absolute Gasteiger partial charge is 0.365 e. The van der Waals surface area contributed by atoms with Crippen LogP contribution in [0.5, 0.6) is 0 Å². The Hall–Kier alpha value is -1.28. The molecule has 0 radical (unpaired) electrons. The minimum atomic E-state index is -0.743. The lowest BCUT2D eigenvalue weighted by atomic mass is 10.3. The second-order valence-electron chi connectivity index (χ2n) is 3.21. The number of nitrogens with one attached hydrogen (secondary N) is 1. The van der Waals surface area contributed by atoms with E-state index < -0.39 is 11.9 Å². The smallest absolute Gasteiger partial charge is 0.317 e. The standard InChI is InChI=1S/C8H12N4O2S2/c1-3(2)15-7-4(5(9)13)6(16-12-7)11-8(10)14/h3H,1-2H3,(H2,9,13)(H3,10,11,14). The number of urea groups is 1. The highest BCUT2D eigenvalue weighted by Crippen LogP contribution is 2.33. The summed E-state index contributed by atoms with van der Waals surface area (Å²) in [6, 6.07) is -0.743. The minimum absolute atomic E-state index is 0.225. The first-order valence-corrected chi connectivity index (χ1v) is 6.09. The number of thioether (sulfide) groups is 1. The molecule has 0 atom stereocenters. The summed E-state index contributed by atoms with van der Waals surface area (Å²) < 4.78 is 4.06. The number of primary amides is 2. The quantitative estimate of drug-likeness (QED) is 0.707. The molecule has 3 amide bonds. The Labute approximate surface area is 101 Å². The van der Waals surface area contributed by atoms with Gasteiger partial charge in [-0.05, 0) is 11.5 Å². The first-order valence-electron chi connectivity index (χ1n) is 4.44. The number of nitrogens with zero attached hydrogens (tertiary/aromatic N) is 1. The summed E-state index contributed by atoms with van der Waals surface area (Å²) in [7, 11) is 0. The van der Waals surface area contributed by atoms with Crippen LogP contribution in [-0.4, -0.2) is 21.6 Å². The third-order valence-corrected chi connectivity index (χ3v) is 3.36. The van der Waals surface area contributed by atoms with Crippen molar-refractivity contribution in [3.05, 3.63) is 5.56 Å². The molecule has 0 saturated heterocycles. The van der Waals surface area contributed by atoms with Gasteiger partial charge in [-0.25, -0.2) is 4.79 Å². The van der Waals surface area contributed by atoms with Crippen LogP contribution in [0.3, 0.4) is 0 Å². The van der Waals surface area contributed by atoms with Gasteiger partial charge in [0.2, 0.25) is 0 Å². The minimum Gasteiger partial charge on any atom is -0.365 e. The number of carbonyl (C=O) groups is 2. The lowest BCUT2D eigenvalue weighted by Gasteiger charge is -2.04. The van der Waals surface area contributed by atoms with Gasteiger partial charge in [-0.1, -0.05) is 13.8 Å². The zero-order valence-electron chi connectivity index (χ0n) is 8.81. The fraction of sp³-hybridized carbons (Fsp3) is 0.375. The maximum absolute atomic E-state index is 11.3. The zero-order valence-corrected chi connectivity index (χ0v) is 10.4. The molecule has 1 heterocycles. The molecular weight excluding hydrogens is 248 g/mol. The molecule has 8 heteroatoms. The fourth-order valence-electron chi connectivity index (χ4n) is 0.994. The van der Waals surface area contributed by atoms with Crippen LogP contribution < -0.4 is 16.8 Å². The fourth-order valence-corrected chi connectivity index (χ4v) is 2.81. The summed E-state index contributed by atoms with van der Waals surface area (Å²) >= 11 is 2.40. The summed E-state index contributed by atoms with van der Waals surface area (Å²) in [5.41, 5.74) is 10.4. The van der Waals surface area contributed by atoms with Crippen molar-refractivity contribution in [1.82, 2.24) is 4.37 Å². The van der Waals surface area contributed by atoms with E-state index >= 15 is 0 Å². The second kappa shape index (κ2) is 5.17. The summed E-state index contributed by atoms with van der Waals surface area (Å²) in [6.07, 6.45) is 0. The number of hydrogen-bond donors (Lipinski definition) is 3. The van der Waals surface area contributed by atoms with Crippen molar-refractivity contribution in [2.24, 2.45) is 11.5 Å². The topological polar surface area (TPSA) is 111 Å². The second-order valence-corrected chi connectivity index (χ2v) is 5.55. The number of rotatable bonds is 4. The molecule has 0 aromatic carbocycles. The molecule has 16 heavy (non-hydrogen) atoms. The van der Waals surface area contributed by atoms with Gasteiger partial charge >= 0.3 is 6.03 Å². The van der Waals surface area contributed by atoms with Crippen LogP contribution in [0.1, 0.15) is 24.2 Å². The van der Waals surface area contributed by atoms with Crippen molar-refractivity contribution in [3.8, 4) is 0 Å². The average molecular weight is 260 g/mol. The first-order chi connectivity index (χ1) is 7.41. The summed E-state index contributed by atoms with van der Waals surface area (Å²) in [5, 5.41) is 3.41. The van der Waals surface area contributed by atoms with Crippen LogP contribution >= 0.6 is 23.3 Å². The van der Waals surface area contributed by atoms with Gasteiger partial charge in [-0.3, -0.25) is 10.1 Å². The van der Waals surface area contributed by atoms with Crippen molar-refractivity contribution >= 4 is 40.2 Å². The van der Waals surface area contributed by atoms with E-state index in [-0.39, 0.29) is 10.8 Å². The Balaban J connectivity index is 3.06. The average Bonchev–Trinajstić information content (AvgIpc) is 2.45. The number of aromatic nitrogens is 1. The van der Waals surface area contributed by atoms with E-state index in [1.807, 2.05) is 13.8 Å². The molecule has 88 valence electrons. The predicted molar refractivity (Wildman–Crippen MR) is 64.8 cm³/mol. The van der Waals surface area contributed by atoms with E-state index in [1.165, 1.54) is 11.8 Å². The summed E-state index contributed by atoms with van der Waals surface area (Å²) in [4.78, 5) is 22.0. The third kappa shape index (κ3) is 3.11. The zero-order chi connectivity index (χ0) is 12.3. The molecule has 0 aliphatic rings. The summed E-state index contributed by atoms with van der Waals surface area (Å²) in [5.74, 6) is -0.624. The molecule has 0 spiro atoms. The molecule has 1 rings (SSSR count). The monoisotopic (exact) mass is 260 g/mol. The normalized spacial score (nSPS) is 10.4. The maximum Gasteiger partial charge on any atom is 0.317 e. The van der Waals surface area contributed by atoms with Gasteiger partial charge in [0.25, 0.3) is 5.91 Å². The first kappa shape index (κ1) is 12.8. The molecule has 0 bridgehead atoms. The highest BCUT2D eigenvalue weighted by Gasteiger charge is 2.20. The molecule has 1 aromatic heterocycles. The molecule has 1 aromatic rings. The van der Waals surface area contributed by atoms with Gasteiger partial charge in [-0.15, -0.1) is 11.8 Å². The van der Waals surface area contributed by atoms with Gasteiger partial charge in [0.05, 0.1) is 0 Å². The van der Waals surface area contributed by atoms with Crippen molar-refractivity contribution in [2.45, 2.75) is 24.1 Å². The van der Waals surface area contributed by atoms with Gasteiger partial charge < -0.3 is 11.5 Å². The third-order valence-electron chi connectivity index (χ3n) is 1.49. The van der Waals surface area contributed by atoms with Gasteiger partial charge in [0, 0.05) is 5.25 Å². The van der Waals surface area contributed by atoms with Gasteiger partial charge in [0.15, 0.2) is 0 Å². The van der Waals surface area contributed by atoms with E-state index in [2.05, 4.69) is 9.69 Å². The van der Waals surface area contributed by atoms with Crippen LogP contribution in [0.25, 0.3) is 0 Å².